The minimum atomic E-state index is -1.16. The van der Waals surface area contributed by atoms with E-state index in [4.69, 9.17) is 37.9 Å². The number of carboxylic acids is 1. The first kappa shape index (κ1) is 28.4. The minimum Gasteiger partial charge on any atom is -0.480 e. The zero-order valence-corrected chi connectivity index (χ0v) is 22.1. The molecule has 7 atom stereocenters. The predicted molar refractivity (Wildman–Crippen MR) is 131 cm³/mol. The summed E-state index contributed by atoms with van der Waals surface area (Å²) < 4.78 is 49.7. The maximum atomic E-state index is 11.4. The Balaban J connectivity index is 1.65. The van der Waals surface area contributed by atoms with Crippen molar-refractivity contribution in [3.05, 3.63) is 35.9 Å². The summed E-state index contributed by atoms with van der Waals surface area (Å²) in [5.74, 6) is -3.07. The zero-order chi connectivity index (χ0) is 26.5. The fraction of sp³-hybridized carbons (Fsp3) is 0.741. The first-order chi connectivity index (χ1) is 17.8. The van der Waals surface area contributed by atoms with Crippen LogP contribution in [-0.4, -0.2) is 87.4 Å². The lowest BCUT2D eigenvalue weighted by Gasteiger charge is -2.60. The first-order valence-electron chi connectivity index (χ1n) is 13.0. The number of methoxy groups -OCH3 is 2. The maximum Gasteiger partial charge on any atom is 0.329 e. The monoisotopic (exact) mass is 524 g/mol. The molecule has 1 N–H and O–H groups in total. The van der Waals surface area contributed by atoms with Gasteiger partial charge in [-0.2, -0.15) is 0 Å². The van der Waals surface area contributed by atoms with Gasteiger partial charge >= 0.3 is 5.97 Å². The molecule has 2 saturated heterocycles. The van der Waals surface area contributed by atoms with E-state index in [2.05, 4.69) is 13.8 Å². The third-order valence-electron chi connectivity index (χ3n) is 7.14. The Morgan fingerprint density at radius 2 is 1.68 bits per heavy atom. The molecular weight excluding hydrogens is 484 g/mol. The molecule has 1 aromatic rings. The summed E-state index contributed by atoms with van der Waals surface area (Å²) in [6.45, 7) is 4.56. The fourth-order valence-corrected chi connectivity index (χ4v) is 5.38. The number of carbonyl (C=O) groups is 1. The molecular formula is C27H40O10. The Morgan fingerprint density at radius 3 is 2.27 bits per heavy atom. The van der Waals surface area contributed by atoms with Crippen molar-refractivity contribution in [2.45, 2.75) is 88.4 Å². The van der Waals surface area contributed by atoms with E-state index in [1.807, 2.05) is 30.3 Å². The van der Waals surface area contributed by atoms with Crippen LogP contribution in [0.25, 0.3) is 0 Å². The molecule has 10 heteroatoms. The first-order valence-corrected chi connectivity index (χ1v) is 13.0. The van der Waals surface area contributed by atoms with Crippen LogP contribution >= 0.6 is 0 Å². The van der Waals surface area contributed by atoms with E-state index in [1.54, 1.807) is 14.2 Å². The van der Waals surface area contributed by atoms with Crippen molar-refractivity contribution in [1.82, 2.24) is 0 Å². The molecule has 3 aliphatic rings. The Bertz CT molecular complexity index is 866. The topological polar surface area (TPSA) is 111 Å². The van der Waals surface area contributed by atoms with E-state index in [9.17, 15) is 9.90 Å². The largest absolute Gasteiger partial charge is 0.480 e. The van der Waals surface area contributed by atoms with Crippen LogP contribution in [0.2, 0.25) is 0 Å². The summed E-state index contributed by atoms with van der Waals surface area (Å²) in [5, 5.41) is 9.30. The van der Waals surface area contributed by atoms with E-state index in [-0.39, 0.29) is 13.2 Å². The van der Waals surface area contributed by atoms with Crippen molar-refractivity contribution in [3.63, 3.8) is 0 Å². The van der Waals surface area contributed by atoms with Gasteiger partial charge in [-0.05, 0) is 24.3 Å². The van der Waals surface area contributed by atoms with E-state index in [0.717, 1.165) is 18.4 Å². The van der Waals surface area contributed by atoms with Crippen LogP contribution in [0, 0.1) is 5.92 Å². The van der Waals surface area contributed by atoms with E-state index in [1.165, 1.54) is 0 Å². The zero-order valence-electron chi connectivity index (χ0n) is 22.1. The second-order valence-corrected chi connectivity index (χ2v) is 10.2. The highest BCUT2D eigenvalue weighted by Gasteiger charge is 2.67. The lowest BCUT2D eigenvalue weighted by molar-refractivity contribution is -0.498. The van der Waals surface area contributed by atoms with Gasteiger partial charge < -0.3 is 43.0 Å². The molecule has 1 saturated carbocycles. The quantitative estimate of drug-likeness (QED) is 0.438. The van der Waals surface area contributed by atoms with Gasteiger partial charge in [-0.1, -0.05) is 44.2 Å². The summed E-state index contributed by atoms with van der Waals surface area (Å²) >= 11 is 0. The molecule has 1 aromatic carbocycles. The van der Waals surface area contributed by atoms with Crippen LogP contribution in [0.3, 0.4) is 0 Å². The SMILES string of the molecule is CO[C@]12CCCC[C@@]1(OC)OC1[C@H](COCC(C)C)O[C@@H](OCC(=O)O)[C@H](OCc3ccccc3)[C@H]1O2. The number of hydrogen-bond acceptors (Lipinski definition) is 9. The molecule has 37 heavy (non-hydrogen) atoms. The highest BCUT2D eigenvalue weighted by Crippen LogP contribution is 2.51. The Kier molecular flexibility index (Phi) is 9.58. The number of rotatable bonds is 12. The van der Waals surface area contributed by atoms with Crippen LogP contribution < -0.4 is 0 Å². The molecule has 0 radical (unpaired) electrons. The number of benzene rings is 1. The molecule has 10 nitrogen and oxygen atoms in total. The molecule has 208 valence electrons. The van der Waals surface area contributed by atoms with Crippen LogP contribution in [0.4, 0.5) is 0 Å². The second kappa shape index (κ2) is 12.5. The highest BCUT2D eigenvalue weighted by atomic mass is 16.8. The highest BCUT2D eigenvalue weighted by molar-refractivity contribution is 5.68. The summed E-state index contributed by atoms with van der Waals surface area (Å²) in [6.07, 6.45) is -0.804. The summed E-state index contributed by atoms with van der Waals surface area (Å²) in [6, 6.07) is 9.67. The van der Waals surface area contributed by atoms with Gasteiger partial charge in [-0.25, -0.2) is 4.79 Å². The lowest BCUT2D eigenvalue weighted by atomic mass is 9.83. The van der Waals surface area contributed by atoms with E-state index >= 15 is 0 Å². The van der Waals surface area contributed by atoms with Crippen LogP contribution in [-0.2, 0) is 49.3 Å². The van der Waals surface area contributed by atoms with Crippen LogP contribution in [0.5, 0.6) is 0 Å². The molecule has 1 aliphatic carbocycles. The summed E-state index contributed by atoms with van der Waals surface area (Å²) in [4.78, 5) is 11.4. The molecule has 0 amide bonds. The lowest BCUT2D eigenvalue weighted by Crippen LogP contribution is -2.75. The van der Waals surface area contributed by atoms with Crippen molar-refractivity contribution in [3.8, 4) is 0 Å². The Hall–Kier alpha value is -1.63. The van der Waals surface area contributed by atoms with Gasteiger partial charge in [0.05, 0.1) is 13.2 Å². The second-order valence-electron chi connectivity index (χ2n) is 10.2. The Labute approximate surface area is 218 Å². The third kappa shape index (κ3) is 6.17. The van der Waals surface area contributed by atoms with E-state index < -0.39 is 54.9 Å². The molecule has 4 rings (SSSR count). The average Bonchev–Trinajstić information content (AvgIpc) is 2.90. The van der Waals surface area contributed by atoms with Crippen molar-refractivity contribution < 1.29 is 47.8 Å². The molecule has 2 aliphatic heterocycles. The van der Waals surface area contributed by atoms with Crippen molar-refractivity contribution in [2.24, 2.45) is 5.92 Å². The average molecular weight is 525 g/mol. The normalized spacial score (nSPS) is 35.6. The number of hydrogen-bond donors (Lipinski definition) is 1. The molecule has 0 aromatic heterocycles. The minimum absolute atomic E-state index is 0.209. The van der Waals surface area contributed by atoms with Crippen molar-refractivity contribution in [1.29, 1.82) is 0 Å². The van der Waals surface area contributed by atoms with Gasteiger partial charge in [-0.3, -0.25) is 0 Å². The standard InChI is InChI=1S/C27H40O10/c1-18(2)14-32-16-20-22-23(37-27(31-4)13-9-8-12-26(27,30-3)36-22)24(25(35-20)34-17-21(28)29)33-15-19-10-6-5-7-11-19/h5-7,10-11,18,20,22-25H,8-9,12-17H2,1-4H3,(H,28,29)/t20-,22?,23-,24+,25+,26+,27-/m0/s1. The number of aliphatic carboxylic acids is 1. The van der Waals surface area contributed by atoms with Crippen LogP contribution in [0.1, 0.15) is 45.1 Å². The van der Waals surface area contributed by atoms with Gasteiger partial charge in [0.15, 0.2) is 6.29 Å². The maximum absolute atomic E-state index is 11.4. The van der Waals surface area contributed by atoms with Crippen molar-refractivity contribution >= 4 is 5.97 Å². The molecule has 2 heterocycles. The van der Waals surface area contributed by atoms with Crippen molar-refractivity contribution in [2.75, 3.05) is 34.0 Å². The summed E-state index contributed by atoms with van der Waals surface area (Å²) in [7, 11) is 3.18. The molecule has 0 bridgehead atoms. The van der Waals surface area contributed by atoms with Gasteiger partial charge in [0.2, 0.25) is 11.6 Å². The van der Waals surface area contributed by atoms with Crippen LogP contribution in [0.15, 0.2) is 30.3 Å². The Morgan fingerprint density at radius 1 is 1.03 bits per heavy atom. The number of carboxylic acid groups (broad SMARTS) is 1. The fourth-order valence-electron chi connectivity index (χ4n) is 5.38. The molecule has 0 spiro atoms. The van der Waals surface area contributed by atoms with Gasteiger partial charge in [0, 0.05) is 33.7 Å². The van der Waals surface area contributed by atoms with Gasteiger partial charge in [0.25, 0.3) is 0 Å². The smallest absolute Gasteiger partial charge is 0.329 e. The number of ether oxygens (including phenoxy) is 8. The van der Waals surface area contributed by atoms with E-state index in [0.29, 0.717) is 25.4 Å². The summed E-state index contributed by atoms with van der Waals surface area (Å²) in [5.41, 5.74) is 0.945. The predicted octanol–water partition coefficient (Wildman–Crippen LogP) is 3.11. The molecule has 3 fully saturated rings. The third-order valence-corrected chi connectivity index (χ3v) is 7.14. The van der Waals surface area contributed by atoms with Gasteiger partial charge in [0.1, 0.15) is 31.0 Å². The molecule has 1 unspecified atom stereocenters. The number of fused-ring (bicyclic) bond motifs is 2. The van der Waals surface area contributed by atoms with Gasteiger partial charge in [-0.15, -0.1) is 0 Å².